The van der Waals surface area contributed by atoms with E-state index in [9.17, 15) is 9.90 Å². The second kappa shape index (κ2) is 4.35. The van der Waals surface area contributed by atoms with Crippen molar-refractivity contribution < 1.29 is 15.0 Å². The topological polar surface area (TPSA) is 83.3 Å². The van der Waals surface area contributed by atoms with Crippen molar-refractivity contribution in [2.24, 2.45) is 0 Å². The van der Waals surface area contributed by atoms with Gasteiger partial charge in [0.05, 0.1) is 11.3 Å². The third-order valence-corrected chi connectivity index (χ3v) is 3.12. The quantitative estimate of drug-likeness (QED) is 0.881. The molecule has 1 aromatic heterocycles. The number of phenols is 1. The molecule has 5 nitrogen and oxygen atoms in total. The van der Waals surface area contributed by atoms with E-state index in [1.807, 2.05) is 0 Å². The largest absolute Gasteiger partial charge is 0.508 e. The van der Waals surface area contributed by atoms with Crippen LogP contribution in [-0.4, -0.2) is 26.2 Å². The summed E-state index contributed by atoms with van der Waals surface area (Å²) in [6.45, 7) is 0. The Bertz CT molecular complexity index is 651. The molecule has 1 fully saturated rings. The molecule has 0 bridgehead atoms. The smallest absolute Gasteiger partial charge is 0.339 e. The van der Waals surface area contributed by atoms with Crippen LogP contribution in [-0.2, 0) is 0 Å². The highest BCUT2D eigenvalue weighted by atomic mass is 16.4. The average molecular weight is 256 g/mol. The van der Waals surface area contributed by atoms with Crippen molar-refractivity contribution in [3.05, 3.63) is 41.7 Å². The molecule has 1 aromatic carbocycles. The fourth-order valence-electron chi connectivity index (χ4n) is 2.01. The molecule has 0 spiro atoms. The second-order valence-corrected chi connectivity index (χ2v) is 4.62. The molecule has 96 valence electrons. The Morgan fingerprint density at radius 1 is 1.32 bits per heavy atom. The predicted octanol–water partition coefficient (Wildman–Crippen LogP) is 2.42. The van der Waals surface area contributed by atoms with Crippen LogP contribution in [0.1, 0.15) is 34.8 Å². The van der Waals surface area contributed by atoms with Gasteiger partial charge < -0.3 is 10.2 Å². The minimum atomic E-state index is -0.996. The third kappa shape index (κ3) is 2.27. The highest BCUT2D eigenvalue weighted by Crippen LogP contribution is 2.41. The lowest BCUT2D eigenvalue weighted by Gasteiger charge is -2.06. The molecule has 0 aliphatic heterocycles. The molecule has 3 rings (SSSR count). The predicted molar refractivity (Wildman–Crippen MR) is 68.1 cm³/mol. The summed E-state index contributed by atoms with van der Waals surface area (Å²) in [5, 5.41) is 18.6. The number of nitrogens with zero attached hydrogens (tertiary/aromatic N) is 2. The SMILES string of the molecule is O=C(O)c1cnc(-c2cccc(O)c2)nc1C1CC1. The van der Waals surface area contributed by atoms with Gasteiger partial charge in [-0.25, -0.2) is 14.8 Å². The van der Waals surface area contributed by atoms with Crippen LogP contribution in [0.5, 0.6) is 5.75 Å². The van der Waals surface area contributed by atoms with Gasteiger partial charge in [-0.3, -0.25) is 0 Å². The summed E-state index contributed by atoms with van der Waals surface area (Å²) < 4.78 is 0. The van der Waals surface area contributed by atoms with E-state index in [4.69, 9.17) is 5.11 Å². The summed E-state index contributed by atoms with van der Waals surface area (Å²) in [4.78, 5) is 19.6. The van der Waals surface area contributed by atoms with E-state index in [-0.39, 0.29) is 17.2 Å². The van der Waals surface area contributed by atoms with Gasteiger partial charge in [-0.05, 0) is 25.0 Å². The van der Waals surface area contributed by atoms with Crippen LogP contribution in [0.4, 0.5) is 0 Å². The van der Waals surface area contributed by atoms with E-state index in [0.29, 0.717) is 17.1 Å². The maximum Gasteiger partial charge on any atom is 0.339 e. The summed E-state index contributed by atoms with van der Waals surface area (Å²) in [7, 11) is 0. The van der Waals surface area contributed by atoms with E-state index in [0.717, 1.165) is 12.8 Å². The average Bonchev–Trinajstić information content (AvgIpc) is 3.22. The van der Waals surface area contributed by atoms with Gasteiger partial charge in [0.25, 0.3) is 0 Å². The Morgan fingerprint density at radius 3 is 2.74 bits per heavy atom. The Balaban J connectivity index is 2.08. The fraction of sp³-hybridized carbons (Fsp3) is 0.214. The number of aromatic carboxylic acids is 1. The minimum absolute atomic E-state index is 0.136. The zero-order valence-corrected chi connectivity index (χ0v) is 10.1. The molecule has 1 aliphatic rings. The van der Waals surface area contributed by atoms with Gasteiger partial charge in [0, 0.05) is 17.7 Å². The maximum absolute atomic E-state index is 11.1. The molecule has 1 heterocycles. The van der Waals surface area contributed by atoms with Crippen molar-refractivity contribution >= 4 is 5.97 Å². The zero-order chi connectivity index (χ0) is 13.4. The first-order valence-corrected chi connectivity index (χ1v) is 6.05. The number of benzene rings is 1. The molecule has 0 saturated heterocycles. The van der Waals surface area contributed by atoms with Gasteiger partial charge in [0.2, 0.25) is 0 Å². The molecule has 1 saturated carbocycles. The first kappa shape index (κ1) is 11.6. The molecule has 0 radical (unpaired) electrons. The highest BCUT2D eigenvalue weighted by Gasteiger charge is 2.30. The van der Waals surface area contributed by atoms with Gasteiger partial charge >= 0.3 is 5.97 Å². The Hall–Kier alpha value is -2.43. The molecule has 0 atom stereocenters. The molecule has 2 aromatic rings. The highest BCUT2D eigenvalue weighted by molar-refractivity contribution is 5.89. The lowest BCUT2D eigenvalue weighted by molar-refractivity contribution is 0.0694. The molecule has 0 unspecified atom stereocenters. The Labute approximate surface area is 109 Å². The molecule has 19 heavy (non-hydrogen) atoms. The lowest BCUT2D eigenvalue weighted by atomic mass is 10.1. The molecule has 1 aliphatic carbocycles. The molecular weight excluding hydrogens is 244 g/mol. The monoisotopic (exact) mass is 256 g/mol. The number of carbonyl (C=O) groups is 1. The van der Waals surface area contributed by atoms with E-state index in [1.165, 1.54) is 6.20 Å². The van der Waals surface area contributed by atoms with Crippen molar-refractivity contribution in [2.45, 2.75) is 18.8 Å². The number of hydrogen-bond acceptors (Lipinski definition) is 4. The number of carboxylic acids is 1. The van der Waals surface area contributed by atoms with Crippen molar-refractivity contribution in [3.63, 3.8) is 0 Å². The van der Waals surface area contributed by atoms with Crippen LogP contribution >= 0.6 is 0 Å². The van der Waals surface area contributed by atoms with Crippen LogP contribution in [0.3, 0.4) is 0 Å². The number of aromatic hydroxyl groups is 1. The number of phenolic OH excluding ortho intramolecular Hbond substituents is 1. The van der Waals surface area contributed by atoms with Crippen molar-refractivity contribution in [3.8, 4) is 17.1 Å². The first-order chi connectivity index (χ1) is 9.15. The number of aromatic nitrogens is 2. The fourth-order valence-corrected chi connectivity index (χ4v) is 2.01. The Morgan fingerprint density at radius 2 is 2.11 bits per heavy atom. The second-order valence-electron chi connectivity index (χ2n) is 4.62. The van der Waals surface area contributed by atoms with Gasteiger partial charge in [-0.15, -0.1) is 0 Å². The van der Waals surface area contributed by atoms with E-state index < -0.39 is 5.97 Å². The number of carboxylic acid groups (broad SMARTS) is 1. The van der Waals surface area contributed by atoms with Crippen LogP contribution in [0.15, 0.2) is 30.5 Å². The molecule has 0 amide bonds. The van der Waals surface area contributed by atoms with Gasteiger partial charge in [-0.1, -0.05) is 12.1 Å². The van der Waals surface area contributed by atoms with Gasteiger partial charge in [0.1, 0.15) is 5.75 Å². The molecule has 5 heteroatoms. The Kier molecular flexibility index (Phi) is 2.67. The van der Waals surface area contributed by atoms with Gasteiger partial charge in [-0.2, -0.15) is 0 Å². The standard InChI is InChI=1S/C14H12N2O3/c17-10-3-1-2-9(6-10)13-15-7-11(14(18)19)12(16-13)8-4-5-8/h1-3,6-8,17H,4-5H2,(H,18,19). The summed E-state index contributed by atoms with van der Waals surface area (Å²) in [6.07, 6.45) is 3.29. The number of rotatable bonds is 3. The van der Waals surface area contributed by atoms with Crippen LogP contribution < -0.4 is 0 Å². The third-order valence-electron chi connectivity index (χ3n) is 3.12. The van der Waals surface area contributed by atoms with E-state index in [1.54, 1.807) is 24.3 Å². The summed E-state index contributed by atoms with van der Waals surface area (Å²) in [6, 6.07) is 6.62. The zero-order valence-electron chi connectivity index (χ0n) is 10.1. The minimum Gasteiger partial charge on any atom is -0.508 e. The summed E-state index contributed by atoms with van der Waals surface area (Å²) in [5.74, 6) is -0.186. The normalized spacial score (nSPS) is 14.3. The lowest BCUT2D eigenvalue weighted by Crippen LogP contribution is -2.06. The molecular formula is C14H12N2O3. The number of hydrogen-bond donors (Lipinski definition) is 2. The molecule has 2 N–H and O–H groups in total. The van der Waals surface area contributed by atoms with Crippen molar-refractivity contribution in [1.82, 2.24) is 9.97 Å². The van der Waals surface area contributed by atoms with Crippen LogP contribution in [0.25, 0.3) is 11.4 Å². The van der Waals surface area contributed by atoms with E-state index in [2.05, 4.69) is 9.97 Å². The first-order valence-electron chi connectivity index (χ1n) is 6.05. The van der Waals surface area contributed by atoms with E-state index >= 15 is 0 Å². The van der Waals surface area contributed by atoms with Crippen molar-refractivity contribution in [2.75, 3.05) is 0 Å². The van der Waals surface area contributed by atoms with Crippen LogP contribution in [0, 0.1) is 0 Å². The summed E-state index contributed by atoms with van der Waals surface area (Å²) in [5.41, 5.74) is 1.45. The maximum atomic E-state index is 11.1. The van der Waals surface area contributed by atoms with Crippen LogP contribution in [0.2, 0.25) is 0 Å². The van der Waals surface area contributed by atoms with Crippen molar-refractivity contribution in [1.29, 1.82) is 0 Å². The van der Waals surface area contributed by atoms with Gasteiger partial charge in [0.15, 0.2) is 5.82 Å². The summed E-state index contributed by atoms with van der Waals surface area (Å²) >= 11 is 0.